The summed E-state index contributed by atoms with van der Waals surface area (Å²) < 4.78 is 5.43. The molecule has 0 atom stereocenters. The van der Waals surface area contributed by atoms with Gasteiger partial charge >= 0.3 is 0 Å². The number of aryl methyl sites for hydroxylation is 1. The lowest BCUT2D eigenvalue weighted by Gasteiger charge is -2.08. The van der Waals surface area contributed by atoms with E-state index in [1.807, 2.05) is 61.5 Å². The zero-order chi connectivity index (χ0) is 14.4. The molecule has 0 aliphatic heterocycles. The van der Waals surface area contributed by atoms with Crippen LogP contribution in [0.3, 0.4) is 0 Å². The molecular weight excluding hydrogens is 250 g/mol. The first kappa shape index (κ1) is 13.9. The number of hydrogen-bond acceptors (Lipinski definition) is 2. The molecule has 2 aromatic rings. The van der Waals surface area contributed by atoms with Gasteiger partial charge in [-0.3, -0.25) is 4.79 Å². The van der Waals surface area contributed by atoms with Gasteiger partial charge in [-0.2, -0.15) is 0 Å². The molecule has 3 heteroatoms. The number of ether oxygens (including phenoxy) is 1. The molecule has 20 heavy (non-hydrogen) atoms. The quantitative estimate of drug-likeness (QED) is 0.673. The Morgan fingerprint density at radius 1 is 1.05 bits per heavy atom. The molecule has 0 saturated heterocycles. The second-order valence-electron chi connectivity index (χ2n) is 4.50. The Morgan fingerprint density at radius 2 is 1.70 bits per heavy atom. The number of benzene rings is 2. The van der Waals surface area contributed by atoms with Gasteiger partial charge in [-0.15, -0.1) is 0 Å². The molecule has 102 valence electrons. The second kappa shape index (κ2) is 6.57. The van der Waals surface area contributed by atoms with Crippen molar-refractivity contribution in [3.63, 3.8) is 0 Å². The molecule has 2 aromatic carbocycles. The van der Waals surface area contributed by atoms with Crippen LogP contribution in [-0.2, 0) is 4.79 Å². The lowest BCUT2D eigenvalue weighted by Crippen LogP contribution is -2.14. The fourth-order valence-electron chi connectivity index (χ4n) is 1.64. The van der Waals surface area contributed by atoms with E-state index < -0.39 is 0 Å². The van der Waals surface area contributed by atoms with E-state index in [-0.39, 0.29) is 5.91 Å². The molecule has 0 aliphatic rings. The van der Waals surface area contributed by atoms with Crippen LogP contribution in [0.5, 0.6) is 5.75 Å². The summed E-state index contributed by atoms with van der Waals surface area (Å²) in [7, 11) is 0. The second-order valence-corrected chi connectivity index (χ2v) is 4.50. The average molecular weight is 267 g/mol. The number of carbonyl (C=O) groups excluding carboxylic acids is 1. The van der Waals surface area contributed by atoms with Crippen molar-refractivity contribution in [2.45, 2.75) is 13.8 Å². The number of nitrogens with one attached hydrogen (secondary N) is 1. The van der Waals surface area contributed by atoms with Crippen molar-refractivity contribution in [2.24, 2.45) is 0 Å². The van der Waals surface area contributed by atoms with Crippen LogP contribution in [-0.4, -0.2) is 5.91 Å². The highest BCUT2D eigenvalue weighted by molar-refractivity contribution is 6.03. The molecule has 2 rings (SSSR count). The van der Waals surface area contributed by atoms with Gasteiger partial charge in [-0.25, -0.2) is 0 Å². The summed E-state index contributed by atoms with van der Waals surface area (Å²) in [5, 5.41) is 2.86. The SMILES string of the molecule is C/C(=C\Oc1ccccc1)C(=O)Nc1ccccc1C. The standard InChI is InChI=1S/C17H17NO2/c1-13-8-6-7-11-16(13)18-17(19)14(2)12-20-15-9-4-3-5-10-15/h3-12H,1-2H3,(H,18,19)/b14-12+. The Hall–Kier alpha value is -2.55. The Bertz CT molecular complexity index is 618. The highest BCUT2D eigenvalue weighted by Crippen LogP contribution is 2.15. The van der Waals surface area contributed by atoms with Crippen LogP contribution in [0, 0.1) is 6.92 Å². The Labute approximate surface area is 118 Å². The summed E-state index contributed by atoms with van der Waals surface area (Å²) in [5.41, 5.74) is 2.35. The lowest BCUT2D eigenvalue weighted by molar-refractivity contribution is -0.112. The summed E-state index contributed by atoms with van der Waals surface area (Å²) in [6.45, 7) is 3.67. The van der Waals surface area contributed by atoms with Crippen LogP contribution in [0.25, 0.3) is 0 Å². The molecule has 0 aromatic heterocycles. The molecule has 0 radical (unpaired) electrons. The van der Waals surface area contributed by atoms with Crippen molar-refractivity contribution in [1.82, 2.24) is 0 Å². The molecule has 1 N–H and O–H groups in total. The van der Waals surface area contributed by atoms with Gasteiger partial charge in [0.05, 0.1) is 6.26 Å². The highest BCUT2D eigenvalue weighted by Gasteiger charge is 2.06. The van der Waals surface area contributed by atoms with E-state index in [1.54, 1.807) is 6.92 Å². The molecule has 3 nitrogen and oxygen atoms in total. The first-order valence-corrected chi connectivity index (χ1v) is 6.42. The molecule has 0 fully saturated rings. The maximum Gasteiger partial charge on any atom is 0.254 e. The zero-order valence-corrected chi connectivity index (χ0v) is 11.6. The topological polar surface area (TPSA) is 38.3 Å². The summed E-state index contributed by atoms with van der Waals surface area (Å²) in [4.78, 5) is 12.0. The van der Waals surface area contributed by atoms with Crippen molar-refractivity contribution in [3.8, 4) is 5.75 Å². The van der Waals surface area contributed by atoms with Gasteiger partial charge in [0.2, 0.25) is 0 Å². The fourth-order valence-corrected chi connectivity index (χ4v) is 1.64. The normalized spacial score (nSPS) is 11.0. The van der Waals surface area contributed by atoms with Gasteiger partial charge in [0.15, 0.2) is 0 Å². The number of anilines is 1. The largest absolute Gasteiger partial charge is 0.465 e. The van der Waals surface area contributed by atoms with Gasteiger partial charge in [0, 0.05) is 11.3 Å². The van der Waals surface area contributed by atoms with E-state index in [0.29, 0.717) is 11.3 Å². The van der Waals surface area contributed by atoms with Crippen molar-refractivity contribution in [2.75, 3.05) is 5.32 Å². The first-order valence-electron chi connectivity index (χ1n) is 6.42. The molecule has 0 bridgehead atoms. The Balaban J connectivity index is 2.00. The third kappa shape index (κ3) is 3.72. The van der Waals surface area contributed by atoms with Crippen molar-refractivity contribution >= 4 is 11.6 Å². The van der Waals surface area contributed by atoms with Crippen molar-refractivity contribution < 1.29 is 9.53 Å². The minimum absolute atomic E-state index is 0.171. The van der Waals surface area contributed by atoms with Crippen LogP contribution >= 0.6 is 0 Å². The third-order valence-corrected chi connectivity index (χ3v) is 2.87. The summed E-state index contributed by atoms with van der Waals surface area (Å²) >= 11 is 0. The summed E-state index contributed by atoms with van der Waals surface area (Å²) in [5.74, 6) is 0.533. The van der Waals surface area contributed by atoms with Gasteiger partial charge in [0.25, 0.3) is 5.91 Å². The maximum absolute atomic E-state index is 12.0. The minimum Gasteiger partial charge on any atom is -0.465 e. The predicted molar refractivity (Wildman–Crippen MR) is 80.6 cm³/mol. The minimum atomic E-state index is -0.171. The number of carbonyl (C=O) groups is 1. The molecule has 0 aliphatic carbocycles. The van der Waals surface area contributed by atoms with Crippen LogP contribution in [0.15, 0.2) is 66.4 Å². The van der Waals surface area contributed by atoms with Crippen molar-refractivity contribution in [3.05, 3.63) is 72.0 Å². The van der Waals surface area contributed by atoms with Crippen molar-refractivity contribution in [1.29, 1.82) is 0 Å². The number of amides is 1. The van der Waals surface area contributed by atoms with Crippen LogP contribution in [0.1, 0.15) is 12.5 Å². The summed E-state index contributed by atoms with van der Waals surface area (Å²) in [6, 6.07) is 17.0. The van der Waals surface area contributed by atoms with Crippen LogP contribution < -0.4 is 10.1 Å². The van der Waals surface area contributed by atoms with Gasteiger partial charge in [-0.05, 0) is 37.6 Å². The molecular formula is C17H17NO2. The van der Waals surface area contributed by atoms with Gasteiger partial charge in [0.1, 0.15) is 5.75 Å². The molecule has 0 unspecified atom stereocenters. The third-order valence-electron chi connectivity index (χ3n) is 2.87. The summed E-state index contributed by atoms with van der Waals surface area (Å²) in [6.07, 6.45) is 1.46. The lowest BCUT2D eigenvalue weighted by atomic mass is 10.2. The molecule has 1 amide bonds. The van der Waals surface area contributed by atoms with E-state index in [4.69, 9.17) is 4.74 Å². The number of hydrogen-bond donors (Lipinski definition) is 1. The highest BCUT2D eigenvalue weighted by atomic mass is 16.5. The van der Waals surface area contributed by atoms with Gasteiger partial charge < -0.3 is 10.1 Å². The van der Waals surface area contributed by atoms with E-state index in [0.717, 1.165) is 11.3 Å². The average Bonchev–Trinajstić information content (AvgIpc) is 2.48. The fraction of sp³-hybridized carbons (Fsp3) is 0.118. The Kier molecular flexibility index (Phi) is 4.56. The van der Waals surface area contributed by atoms with E-state index in [9.17, 15) is 4.79 Å². The van der Waals surface area contributed by atoms with Crippen LogP contribution in [0.2, 0.25) is 0 Å². The molecule has 0 spiro atoms. The van der Waals surface area contributed by atoms with E-state index >= 15 is 0 Å². The number of para-hydroxylation sites is 2. The smallest absolute Gasteiger partial charge is 0.254 e. The monoisotopic (exact) mass is 267 g/mol. The predicted octanol–water partition coefficient (Wildman–Crippen LogP) is 3.92. The first-order chi connectivity index (χ1) is 9.66. The molecule has 0 heterocycles. The van der Waals surface area contributed by atoms with E-state index in [1.165, 1.54) is 6.26 Å². The maximum atomic E-state index is 12.0. The van der Waals surface area contributed by atoms with Gasteiger partial charge in [-0.1, -0.05) is 36.4 Å². The Morgan fingerprint density at radius 3 is 2.40 bits per heavy atom. The zero-order valence-electron chi connectivity index (χ0n) is 11.6. The van der Waals surface area contributed by atoms with E-state index in [2.05, 4.69) is 5.32 Å². The molecule has 0 saturated carbocycles. The number of rotatable bonds is 4. The van der Waals surface area contributed by atoms with Crippen LogP contribution in [0.4, 0.5) is 5.69 Å².